The maximum absolute atomic E-state index is 13.0. The molecule has 0 amide bonds. The Morgan fingerprint density at radius 3 is 2.44 bits per heavy atom. The molecular formula is C20H25NO3S. The van der Waals surface area contributed by atoms with Crippen molar-refractivity contribution in [2.45, 2.75) is 42.4 Å². The van der Waals surface area contributed by atoms with Crippen molar-refractivity contribution in [2.75, 3.05) is 20.1 Å². The van der Waals surface area contributed by atoms with Gasteiger partial charge in [-0.3, -0.25) is 0 Å². The molecule has 0 saturated carbocycles. The predicted molar refractivity (Wildman–Crippen MR) is 99.0 cm³/mol. The predicted octanol–water partition coefficient (Wildman–Crippen LogP) is 3.51. The molecular weight excluding hydrogens is 334 g/mol. The zero-order valence-corrected chi connectivity index (χ0v) is 15.8. The highest BCUT2D eigenvalue weighted by atomic mass is 32.2. The molecule has 1 fully saturated rings. The number of phenols is 1. The van der Waals surface area contributed by atoms with Crippen LogP contribution >= 0.6 is 0 Å². The molecule has 0 aromatic heterocycles. The molecule has 5 heteroatoms. The van der Waals surface area contributed by atoms with E-state index in [2.05, 4.69) is 11.9 Å². The summed E-state index contributed by atoms with van der Waals surface area (Å²) in [5, 5.41) is 9.80. The first-order chi connectivity index (χ1) is 11.8. The number of likely N-dealkylation sites (N-methyl/N-ethyl adjacent to an activating group) is 1. The third-order valence-electron chi connectivity index (χ3n) is 5.12. The van der Waals surface area contributed by atoms with Crippen LogP contribution in [-0.4, -0.2) is 38.6 Å². The minimum absolute atomic E-state index is 0.137. The summed E-state index contributed by atoms with van der Waals surface area (Å²) >= 11 is 0. The van der Waals surface area contributed by atoms with E-state index in [-0.39, 0.29) is 10.6 Å². The molecule has 0 aliphatic carbocycles. The molecule has 0 bridgehead atoms. The summed E-state index contributed by atoms with van der Waals surface area (Å²) in [6, 6.07) is 9.96. The minimum Gasteiger partial charge on any atom is -0.508 e. The van der Waals surface area contributed by atoms with E-state index in [9.17, 15) is 13.5 Å². The molecule has 1 heterocycles. The normalized spacial score (nSPS) is 18.6. The number of hydrogen-bond donors (Lipinski definition) is 1. The number of hydrogen-bond acceptors (Lipinski definition) is 4. The van der Waals surface area contributed by atoms with Crippen LogP contribution in [-0.2, 0) is 16.3 Å². The van der Waals surface area contributed by atoms with Gasteiger partial charge in [-0.05, 0) is 86.3 Å². The van der Waals surface area contributed by atoms with E-state index in [0.29, 0.717) is 22.8 Å². The van der Waals surface area contributed by atoms with Gasteiger partial charge in [-0.2, -0.15) is 0 Å². The van der Waals surface area contributed by atoms with Gasteiger partial charge in [-0.15, -0.1) is 0 Å². The SMILES string of the molecule is CCc1cc(S(=O)(=O)c2ccc(C3CCN(C)C3)c(C)c2)ccc1O. The average molecular weight is 359 g/mol. The molecule has 0 spiro atoms. The summed E-state index contributed by atoms with van der Waals surface area (Å²) in [4.78, 5) is 2.85. The zero-order valence-electron chi connectivity index (χ0n) is 15.0. The van der Waals surface area contributed by atoms with Crippen molar-refractivity contribution < 1.29 is 13.5 Å². The van der Waals surface area contributed by atoms with Gasteiger partial charge in [0.1, 0.15) is 5.75 Å². The van der Waals surface area contributed by atoms with E-state index < -0.39 is 9.84 Å². The zero-order chi connectivity index (χ0) is 18.2. The van der Waals surface area contributed by atoms with E-state index in [1.165, 1.54) is 17.7 Å². The van der Waals surface area contributed by atoms with Crippen molar-refractivity contribution in [3.05, 3.63) is 53.1 Å². The quantitative estimate of drug-likeness (QED) is 0.907. The highest BCUT2D eigenvalue weighted by Crippen LogP contribution is 2.32. The Balaban J connectivity index is 1.97. The van der Waals surface area contributed by atoms with Crippen molar-refractivity contribution in [3.63, 3.8) is 0 Å². The fourth-order valence-corrected chi connectivity index (χ4v) is 5.01. The van der Waals surface area contributed by atoms with Crippen LogP contribution in [0.2, 0.25) is 0 Å². The van der Waals surface area contributed by atoms with Crippen LogP contribution in [0.1, 0.15) is 36.0 Å². The summed E-state index contributed by atoms with van der Waals surface area (Å²) in [7, 11) is -1.47. The second-order valence-corrected chi connectivity index (χ2v) is 8.86. The van der Waals surface area contributed by atoms with Gasteiger partial charge < -0.3 is 10.0 Å². The van der Waals surface area contributed by atoms with Crippen molar-refractivity contribution >= 4 is 9.84 Å². The number of likely N-dealkylation sites (tertiary alicyclic amines) is 1. The third kappa shape index (κ3) is 3.44. The lowest BCUT2D eigenvalue weighted by Crippen LogP contribution is -2.13. The Hall–Kier alpha value is -1.85. The van der Waals surface area contributed by atoms with Crippen LogP contribution in [0.15, 0.2) is 46.2 Å². The van der Waals surface area contributed by atoms with Crippen LogP contribution in [0.25, 0.3) is 0 Å². The van der Waals surface area contributed by atoms with Gasteiger partial charge in [0, 0.05) is 6.54 Å². The van der Waals surface area contributed by atoms with E-state index >= 15 is 0 Å². The summed E-state index contributed by atoms with van der Waals surface area (Å²) < 4.78 is 25.9. The van der Waals surface area contributed by atoms with Crippen molar-refractivity contribution in [1.82, 2.24) is 4.90 Å². The number of sulfone groups is 1. The molecule has 2 aromatic rings. The molecule has 1 aliphatic heterocycles. The number of benzene rings is 2. The maximum atomic E-state index is 13.0. The number of nitrogens with zero attached hydrogens (tertiary/aromatic N) is 1. The fraction of sp³-hybridized carbons (Fsp3) is 0.400. The van der Waals surface area contributed by atoms with Crippen molar-refractivity contribution in [1.29, 1.82) is 0 Å². The molecule has 1 N–H and O–H groups in total. The topological polar surface area (TPSA) is 57.6 Å². The van der Waals surface area contributed by atoms with Crippen LogP contribution in [0.4, 0.5) is 0 Å². The Bertz CT molecular complexity index is 890. The van der Waals surface area contributed by atoms with Crippen LogP contribution in [0, 0.1) is 6.92 Å². The third-order valence-corrected chi connectivity index (χ3v) is 6.87. The molecule has 25 heavy (non-hydrogen) atoms. The Kier molecular flexibility index (Phi) is 4.89. The molecule has 4 nitrogen and oxygen atoms in total. The molecule has 1 saturated heterocycles. The van der Waals surface area contributed by atoms with Crippen LogP contribution < -0.4 is 0 Å². The minimum atomic E-state index is -3.58. The smallest absolute Gasteiger partial charge is 0.206 e. The van der Waals surface area contributed by atoms with Gasteiger partial charge >= 0.3 is 0 Å². The number of aryl methyl sites for hydroxylation is 2. The van der Waals surface area contributed by atoms with E-state index in [0.717, 1.165) is 25.1 Å². The largest absolute Gasteiger partial charge is 0.508 e. The van der Waals surface area contributed by atoms with Crippen LogP contribution in [0.5, 0.6) is 5.75 Å². The number of aromatic hydroxyl groups is 1. The van der Waals surface area contributed by atoms with Gasteiger partial charge in [0.2, 0.25) is 9.84 Å². The fourth-order valence-electron chi connectivity index (χ4n) is 3.61. The van der Waals surface area contributed by atoms with Gasteiger partial charge in [0.15, 0.2) is 0 Å². The summed E-state index contributed by atoms with van der Waals surface area (Å²) in [6.07, 6.45) is 1.70. The molecule has 0 radical (unpaired) electrons. The van der Waals surface area contributed by atoms with E-state index in [1.807, 2.05) is 19.9 Å². The monoisotopic (exact) mass is 359 g/mol. The highest BCUT2D eigenvalue weighted by molar-refractivity contribution is 7.91. The number of phenolic OH excluding ortho intramolecular Hbond substituents is 1. The van der Waals surface area contributed by atoms with Crippen molar-refractivity contribution in [2.24, 2.45) is 0 Å². The molecule has 3 rings (SSSR count). The van der Waals surface area contributed by atoms with Gasteiger partial charge in [0.05, 0.1) is 9.79 Å². The van der Waals surface area contributed by atoms with E-state index in [1.54, 1.807) is 18.2 Å². The van der Waals surface area contributed by atoms with Crippen molar-refractivity contribution in [3.8, 4) is 5.75 Å². The first-order valence-corrected chi connectivity index (χ1v) is 10.2. The van der Waals surface area contributed by atoms with Gasteiger partial charge in [-0.1, -0.05) is 13.0 Å². The molecule has 1 aliphatic rings. The Labute approximate surface area is 150 Å². The summed E-state index contributed by atoms with van der Waals surface area (Å²) in [5.41, 5.74) is 2.91. The molecule has 1 unspecified atom stereocenters. The summed E-state index contributed by atoms with van der Waals surface area (Å²) in [6.45, 7) is 5.98. The van der Waals surface area contributed by atoms with Gasteiger partial charge in [-0.25, -0.2) is 8.42 Å². The lowest BCUT2D eigenvalue weighted by atomic mass is 9.94. The lowest BCUT2D eigenvalue weighted by molar-refractivity contribution is 0.411. The molecule has 134 valence electrons. The first-order valence-electron chi connectivity index (χ1n) is 8.69. The van der Waals surface area contributed by atoms with E-state index in [4.69, 9.17) is 0 Å². The first kappa shape index (κ1) is 18.0. The number of rotatable bonds is 4. The second-order valence-electron chi connectivity index (χ2n) is 6.91. The second kappa shape index (κ2) is 6.81. The average Bonchev–Trinajstić information content (AvgIpc) is 3.01. The highest BCUT2D eigenvalue weighted by Gasteiger charge is 2.24. The maximum Gasteiger partial charge on any atom is 0.206 e. The molecule has 2 aromatic carbocycles. The Morgan fingerprint density at radius 1 is 1.16 bits per heavy atom. The molecule has 1 atom stereocenters. The summed E-state index contributed by atoms with van der Waals surface area (Å²) in [5.74, 6) is 0.612. The van der Waals surface area contributed by atoms with Gasteiger partial charge in [0.25, 0.3) is 0 Å². The van der Waals surface area contributed by atoms with Crippen LogP contribution in [0.3, 0.4) is 0 Å². The standard InChI is InChI=1S/C20H25NO3S/c1-4-15-12-18(6-8-20(15)22)25(23,24)17-5-7-19(14(2)11-17)16-9-10-21(3)13-16/h5-8,11-12,16,22H,4,9-10,13H2,1-3H3. The lowest BCUT2D eigenvalue weighted by Gasteiger charge is -2.15. The Morgan fingerprint density at radius 2 is 1.84 bits per heavy atom.